The molecular weight excluding hydrogens is 236 g/mol. The van der Waals surface area contributed by atoms with Gasteiger partial charge in [-0.25, -0.2) is 4.98 Å². The number of hydrogen-bond acceptors (Lipinski definition) is 5. The van der Waals surface area contributed by atoms with Crippen molar-refractivity contribution < 1.29 is 9.84 Å². The van der Waals surface area contributed by atoms with Crippen LogP contribution in [0.3, 0.4) is 0 Å². The number of nitrogens with zero attached hydrogens (tertiary/aromatic N) is 1. The number of nitrogens with one attached hydrogen (secondary N) is 1. The van der Waals surface area contributed by atoms with Gasteiger partial charge in [0.25, 0.3) is 0 Å². The van der Waals surface area contributed by atoms with Crippen molar-refractivity contribution in [3.63, 3.8) is 0 Å². The van der Waals surface area contributed by atoms with Gasteiger partial charge in [0.15, 0.2) is 11.5 Å². The van der Waals surface area contributed by atoms with Crippen molar-refractivity contribution >= 4 is 11.3 Å². The van der Waals surface area contributed by atoms with E-state index in [1.165, 1.54) is 0 Å². The number of benzene rings is 1. The smallest absolute Gasteiger partial charge is 0.162 e. The largest absolute Gasteiger partial charge is 0.504 e. The van der Waals surface area contributed by atoms with Gasteiger partial charge < -0.3 is 15.2 Å². The second kappa shape index (κ2) is 5.65. The minimum absolute atomic E-state index is 0.195. The SMILES string of the molecule is COc1cccc(CNCc2cscn2)c1O. The van der Waals surface area contributed by atoms with E-state index in [4.69, 9.17) is 4.74 Å². The van der Waals surface area contributed by atoms with Crippen molar-refractivity contribution in [2.75, 3.05) is 7.11 Å². The minimum atomic E-state index is 0.195. The maximum Gasteiger partial charge on any atom is 0.162 e. The van der Waals surface area contributed by atoms with Crippen LogP contribution in [-0.2, 0) is 13.1 Å². The van der Waals surface area contributed by atoms with Gasteiger partial charge in [-0.05, 0) is 6.07 Å². The quantitative estimate of drug-likeness (QED) is 0.853. The molecule has 1 heterocycles. The lowest BCUT2D eigenvalue weighted by Crippen LogP contribution is -2.13. The summed E-state index contributed by atoms with van der Waals surface area (Å²) in [5.74, 6) is 0.693. The molecule has 0 atom stereocenters. The lowest BCUT2D eigenvalue weighted by molar-refractivity contribution is 0.369. The van der Waals surface area contributed by atoms with E-state index in [-0.39, 0.29) is 5.75 Å². The van der Waals surface area contributed by atoms with Gasteiger partial charge in [-0.2, -0.15) is 0 Å². The van der Waals surface area contributed by atoms with E-state index in [0.717, 1.165) is 11.3 Å². The molecule has 0 aliphatic heterocycles. The van der Waals surface area contributed by atoms with Crippen LogP contribution in [0.5, 0.6) is 11.5 Å². The van der Waals surface area contributed by atoms with Crippen LogP contribution in [0, 0.1) is 0 Å². The van der Waals surface area contributed by atoms with Crippen molar-refractivity contribution in [3.05, 3.63) is 40.3 Å². The number of aromatic nitrogens is 1. The molecule has 0 bridgehead atoms. The van der Waals surface area contributed by atoms with Gasteiger partial charge in [-0.3, -0.25) is 0 Å². The van der Waals surface area contributed by atoms with Crippen LogP contribution >= 0.6 is 11.3 Å². The van der Waals surface area contributed by atoms with E-state index >= 15 is 0 Å². The summed E-state index contributed by atoms with van der Waals surface area (Å²) in [6.07, 6.45) is 0. The number of phenolic OH excluding ortho intramolecular Hbond substituents is 1. The van der Waals surface area contributed by atoms with Crippen LogP contribution in [0.15, 0.2) is 29.1 Å². The molecule has 0 radical (unpaired) electrons. The summed E-state index contributed by atoms with van der Waals surface area (Å²) in [4.78, 5) is 4.17. The first-order chi connectivity index (χ1) is 8.31. The predicted molar refractivity (Wildman–Crippen MR) is 67.3 cm³/mol. The van der Waals surface area contributed by atoms with Gasteiger partial charge in [0.1, 0.15) is 0 Å². The Morgan fingerprint density at radius 1 is 1.41 bits per heavy atom. The van der Waals surface area contributed by atoms with E-state index in [1.807, 2.05) is 17.5 Å². The summed E-state index contributed by atoms with van der Waals surface area (Å²) in [5, 5.41) is 15.1. The highest BCUT2D eigenvalue weighted by atomic mass is 32.1. The number of aromatic hydroxyl groups is 1. The van der Waals surface area contributed by atoms with Crippen LogP contribution < -0.4 is 10.1 Å². The molecule has 0 aliphatic rings. The van der Waals surface area contributed by atoms with Gasteiger partial charge in [0.2, 0.25) is 0 Å². The molecule has 4 nitrogen and oxygen atoms in total. The van der Waals surface area contributed by atoms with E-state index in [0.29, 0.717) is 18.8 Å². The van der Waals surface area contributed by atoms with Gasteiger partial charge in [-0.15, -0.1) is 11.3 Å². The van der Waals surface area contributed by atoms with Crippen molar-refractivity contribution in [1.29, 1.82) is 0 Å². The number of para-hydroxylation sites is 1. The number of hydrogen-bond donors (Lipinski definition) is 2. The zero-order valence-corrected chi connectivity index (χ0v) is 10.3. The average Bonchev–Trinajstić information content (AvgIpc) is 2.84. The molecule has 0 unspecified atom stereocenters. The first kappa shape index (κ1) is 11.9. The lowest BCUT2D eigenvalue weighted by Gasteiger charge is -2.09. The van der Waals surface area contributed by atoms with E-state index in [2.05, 4.69) is 10.3 Å². The van der Waals surface area contributed by atoms with Gasteiger partial charge in [-0.1, -0.05) is 12.1 Å². The van der Waals surface area contributed by atoms with Gasteiger partial charge in [0, 0.05) is 24.0 Å². The average molecular weight is 250 g/mol. The summed E-state index contributed by atoms with van der Waals surface area (Å²) in [6, 6.07) is 5.46. The van der Waals surface area contributed by atoms with Crippen LogP contribution in [0.25, 0.3) is 0 Å². The molecule has 0 aliphatic carbocycles. The Bertz CT molecular complexity index is 471. The minimum Gasteiger partial charge on any atom is -0.504 e. The molecule has 0 saturated heterocycles. The fourth-order valence-electron chi connectivity index (χ4n) is 1.53. The standard InChI is InChI=1S/C12H14N2O2S/c1-16-11-4-2-3-9(12(11)15)5-13-6-10-7-17-8-14-10/h2-4,7-8,13,15H,5-6H2,1H3. The number of ether oxygens (including phenoxy) is 1. The molecule has 0 amide bonds. The second-order valence-electron chi connectivity index (χ2n) is 3.55. The van der Waals surface area contributed by atoms with E-state index in [9.17, 15) is 5.11 Å². The fraction of sp³-hybridized carbons (Fsp3) is 0.250. The zero-order chi connectivity index (χ0) is 12.1. The van der Waals surface area contributed by atoms with Crippen LogP contribution in [-0.4, -0.2) is 17.2 Å². The number of phenols is 1. The Labute approximate surface area is 104 Å². The highest BCUT2D eigenvalue weighted by Gasteiger charge is 2.06. The maximum atomic E-state index is 9.87. The van der Waals surface area contributed by atoms with Crippen LogP contribution in [0.4, 0.5) is 0 Å². The molecule has 0 fully saturated rings. The molecule has 1 aromatic carbocycles. The summed E-state index contributed by atoms with van der Waals surface area (Å²) >= 11 is 1.57. The predicted octanol–water partition coefficient (Wildman–Crippen LogP) is 2.15. The third-order valence-corrected chi connectivity index (χ3v) is 3.04. The summed E-state index contributed by atoms with van der Waals surface area (Å²) in [6.45, 7) is 1.28. The normalized spacial score (nSPS) is 10.4. The first-order valence-electron chi connectivity index (χ1n) is 5.24. The third-order valence-electron chi connectivity index (χ3n) is 2.41. The third kappa shape index (κ3) is 2.95. The molecule has 1 aromatic heterocycles. The highest BCUT2D eigenvalue weighted by Crippen LogP contribution is 2.29. The van der Waals surface area contributed by atoms with Crippen molar-refractivity contribution in [3.8, 4) is 11.5 Å². The molecule has 0 spiro atoms. The maximum absolute atomic E-state index is 9.87. The van der Waals surface area contributed by atoms with Gasteiger partial charge in [0.05, 0.1) is 18.3 Å². The van der Waals surface area contributed by atoms with Crippen molar-refractivity contribution in [1.82, 2.24) is 10.3 Å². The second-order valence-corrected chi connectivity index (χ2v) is 4.27. The Morgan fingerprint density at radius 2 is 2.29 bits per heavy atom. The molecular formula is C12H14N2O2S. The summed E-state index contributed by atoms with van der Waals surface area (Å²) in [7, 11) is 1.54. The van der Waals surface area contributed by atoms with Crippen molar-refractivity contribution in [2.45, 2.75) is 13.1 Å². The molecule has 0 saturated carbocycles. The lowest BCUT2D eigenvalue weighted by atomic mass is 10.2. The van der Waals surface area contributed by atoms with E-state index < -0.39 is 0 Å². The Kier molecular flexibility index (Phi) is 3.95. The monoisotopic (exact) mass is 250 g/mol. The molecule has 17 heavy (non-hydrogen) atoms. The molecule has 2 rings (SSSR count). The van der Waals surface area contributed by atoms with Crippen LogP contribution in [0.2, 0.25) is 0 Å². The zero-order valence-electron chi connectivity index (χ0n) is 9.51. The molecule has 5 heteroatoms. The Hall–Kier alpha value is -1.59. The topological polar surface area (TPSA) is 54.4 Å². The van der Waals surface area contributed by atoms with Crippen LogP contribution in [0.1, 0.15) is 11.3 Å². The number of thiazole rings is 1. The molecule has 2 aromatic rings. The Balaban J connectivity index is 1.95. The Morgan fingerprint density at radius 3 is 3.00 bits per heavy atom. The molecule has 90 valence electrons. The molecule has 2 N–H and O–H groups in total. The van der Waals surface area contributed by atoms with E-state index in [1.54, 1.807) is 30.0 Å². The fourth-order valence-corrected chi connectivity index (χ4v) is 2.08. The van der Waals surface area contributed by atoms with Crippen molar-refractivity contribution in [2.24, 2.45) is 0 Å². The summed E-state index contributed by atoms with van der Waals surface area (Å²) < 4.78 is 5.05. The first-order valence-corrected chi connectivity index (χ1v) is 6.18. The number of rotatable bonds is 5. The summed E-state index contributed by atoms with van der Waals surface area (Å²) in [5.41, 5.74) is 3.64. The van der Waals surface area contributed by atoms with Gasteiger partial charge >= 0.3 is 0 Å². The highest BCUT2D eigenvalue weighted by molar-refractivity contribution is 7.07. The number of methoxy groups -OCH3 is 1.